The first-order valence-electron chi connectivity index (χ1n) is 9.38. The van der Waals surface area contributed by atoms with Crippen molar-refractivity contribution in [1.82, 2.24) is 10.3 Å². The summed E-state index contributed by atoms with van der Waals surface area (Å²) in [5, 5.41) is 6.30. The summed E-state index contributed by atoms with van der Waals surface area (Å²) in [5.41, 5.74) is 1.84. The van der Waals surface area contributed by atoms with Gasteiger partial charge in [-0.05, 0) is 49.2 Å². The SMILES string of the molecule is COC(=O)c1ccc(Nc2cc(C(=O)NC3CCCCCC3)ccn2)cc1. The number of nitrogens with one attached hydrogen (secondary N) is 2. The van der Waals surface area contributed by atoms with Crippen LogP contribution < -0.4 is 10.6 Å². The molecule has 1 aromatic carbocycles. The van der Waals surface area contributed by atoms with Gasteiger partial charge in [0.1, 0.15) is 5.82 Å². The lowest BCUT2D eigenvalue weighted by Gasteiger charge is -2.16. The zero-order valence-electron chi connectivity index (χ0n) is 15.5. The number of rotatable bonds is 5. The summed E-state index contributed by atoms with van der Waals surface area (Å²) in [7, 11) is 1.35. The normalized spacial score (nSPS) is 14.9. The van der Waals surface area contributed by atoms with Crippen LogP contribution in [-0.2, 0) is 4.74 Å². The van der Waals surface area contributed by atoms with Gasteiger partial charge in [-0.2, -0.15) is 0 Å². The molecule has 1 aliphatic carbocycles. The van der Waals surface area contributed by atoms with Crippen molar-refractivity contribution in [2.75, 3.05) is 12.4 Å². The van der Waals surface area contributed by atoms with Gasteiger partial charge < -0.3 is 15.4 Å². The highest BCUT2D eigenvalue weighted by atomic mass is 16.5. The lowest BCUT2D eigenvalue weighted by molar-refractivity contribution is 0.0600. The van der Waals surface area contributed by atoms with Crippen LogP contribution in [-0.4, -0.2) is 30.0 Å². The summed E-state index contributed by atoms with van der Waals surface area (Å²) in [4.78, 5) is 28.3. The van der Waals surface area contributed by atoms with E-state index in [0.717, 1.165) is 18.5 Å². The number of carbonyl (C=O) groups is 2. The number of ether oxygens (including phenoxy) is 1. The van der Waals surface area contributed by atoms with E-state index in [9.17, 15) is 9.59 Å². The van der Waals surface area contributed by atoms with E-state index in [1.54, 1.807) is 42.6 Å². The number of aromatic nitrogens is 1. The van der Waals surface area contributed by atoms with Gasteiger partial charge in [0.05, 0.1) is 12.7 Å². The molecule has 0 radical (unpaired) electrons. The van der Waals surface area contributed by atoms with Crippen LogP contribution in [0.2, 0.25) is 0 Å². The Morgan fingerprint density at radius 1 is 1.00 bits per heavy atom. The summed E-state index contributed by atoms with van der Waals surface area (Å²) in [6.45, 7) is 0. The molecule has 1 fully saturated rings. The molecule has 1 aliphatic rings. The maximum Gasteiger partial charge on any atom is 0.337 e. The summed E-state index contributed by atoms with van der Waals surface area (Å²) >= 11 is 0. The Labute approximate surface area is 159 Å². The van der Waals surface area contributed by atoms with Crippen LogP contribution in [0.15, 0.2) is 42.6 Å². The van der Waals surface area contributed by atoms with E-state index in [4.69, 9.17) is 4.74 Å². The number of hydrogen-bond donors (Lipinski definition) is 2. The Hall–Kier alpha value is -2.89. The Kier molecular flexibility index (Phi) is 6.41. The van der Waals surface area contributed by atoms with Crippen LogP contribution in [0, 0.1) is 0 Å². The highest BCUT2D eigenvalue weighted by Crippen LogP contribution is 2.19. The molecule has 0 saturated heterocycles. The van der Waals surface area contributed by atoms with Gasteiger partial charge in [-0.15, -0.1) is 0 Å². The fraction of sp³-hybridized carbons (Fsp3) is 0.381. The molecule has 6 heteroatoms. The molecule has 142 valence electrons. The third kappa shape index (κ3) is 5.29. The van der Waals surface area contributed by atoms with Gasteiger partial charge in [0.2, 0.25) is 0 Å². The number of methoxy groups -OCH3 is 1. The second-order valence-electron chi connectivity index (χ2n) is 6.79. The number of esters is 1. The first-order valence-corrected chi connectivity index (χ1v) is 9.38. The van der Waals surface area contributed by atoms with E-state index in [1.165, 1.54) is 32.8 Å². The van der Waals surface area contributed by atoms with Crippen molar-refractivity contribution in [2.24, 2.45) is 0 Å². The number of hydrogen-bond acceptors (Lipinski definition) is 5. The van der Waals surface area contributed by atoms with E-state index in [0.29, 0.717) is 16.9 Å². The van der Waals surface area contributed by atoms with Gasteiger partial charge in [0.25, 0.3) is 5.91 Å². The van der Waals surface area contributed by atoms with E-state index >= 15 is 0 Å². The monoisotopic (exact) mass is 367 g/mol. The van der Waals surface area contributed by atoms with Crippen molar-refractivity contribution in [1.29, 1.82) is 0 Å². The molecule has 1 saturated carbocycles. The number of amides is 1. The fourth-order valence-electron chi connectivity index (χ4n) is 3.29. The lowest BCUT2D eigenvalue weighted by atomic mass is 10.1. The summed E-state index contributed by atoms with van der Waals surface area (Å²) in [5.74, 6) is 0.138. The second-order valence-corrected chi connectivity index (χ2v) is 6.79. The van der Waals surface area contributed by atoms with Crippen molar-refractivity contribution < 1.29 is 14.3 Å². The van der Waals surface area contributed by atoms with Gasteiger partial charge >= 0.3 is 5.97 Å². The molecule has 27 heavy (non-hydrogen) atoms. The van der Waals surface area contributed by atoms with E-state index in [-0.39, 0.29) is 17.9 Å². The quantitative estimate of drug-likeness (QED) is 0.615. The zero-order valence-corrected chi connectivity index (χ0v) is 15.5. The molecule has 1 aromatic heterocycles. The molecule has 1 heterocycles. The first-order chi connectivity index (χ1) is 13.2. The molecule has 0 spiro atoms. The number of pyridine rings is 1. The molecule has 0 bridgehead atoms. The largest absolute Gasteiger partial charge is 0.465 e. The maximum atomic E-state index is 12.6. The third-order valence-electron chi connectivity index (χ3n) is 4.79. The Bertz CT molecular complexity index is 782. The van der Waals surface area contributed by atoms with E-state index in [2.05, 4.69) is 15.6 Å². The summed E-state index contributed by atoms with van der Waals surface area (Å²) < 4.78 is 4.69. The van der Waals surface area contributed by atoms with Crippen LogP contribution >= 0.6 is 0 Å². The number of nitrogens with zero attached hydrogens (tertiary/aromatic N) is 1. The van der Waals surface area contributed by atoms with E-state index < -0.39 is 0 Å². The molecular formula is C21H25N3O3. The van der Waals surface area contributed by atoms with Crippen molar-refractivity contribution in [3.05, 3.63) is 53.7 Å². The second kappa shape index (κ2) is 9.16. The summed E-state index contributed by atoms with van der Waals surface area (Å²) in [6, 6.07) is 10.6. The van der Waals surface area contributed by atoms with Crippen LogP contribution in [0.4, 0.5) is 11.5 Å². The van der Waals surface area contributed by atoms with Gasteiger partial charge in [-0.3, -0.25) is 4.79 Å². The molecule has 3 rings (SSSR count). The topological polar surface area (TPSA) is 80.3 Å². The summed E-state index contributed by atoms with van der Waals surface area (Å²) in [6.07, 6.45) is 8.58. The average Bonchev–Trinajstić information content (AvgIpc) is 2.97. The van der Waals surface area contributed by atoms with Crippen molar-refractivity contribution in [3.8, 4) is 0 Å². The predicted molar refractivity (Wildman–Crippen MR) is 104 cm³/mol. The number of anilines is 2. The van der Waals surface area contributed by atoms with Gasteiger partial charge in [0, 0.05) is 23.5 Å². The van der Waals surface area contributed by atoms with Gasteiger partial charge in [-0.1, -0.05) is 25.7 Å². The van der Waals surface area contributed by atoms with Crippen molar-refractivity contribution in [2.45, 2.75) is 44.6 Å². The van der Waals surface area contributed by atoms with Crippen LogP contribution in [0.3, 0.4) is 0 Å². The maximum absolute atomic E-state index is 12.6. The third-order valence-corrected chi connectivity index (χ3v) is 4.79. The highest BCUT2D eigenvalue weighted by molar-refractivity contribution is 5.95. The predicted octanol–water partition coefficient (Wildman–Crippen LogP) is 4.06. The molecule has 6 nitrogen and oxygen atoms in total. The molecule has 1 amide bonds. The molecule has 0 unspecified atom stereocenters. The average molecular weight is 367 g/mol. The van der Waals surface area contributed by atoms with Crippen LogP contribution in [0.25, 0.3) is 0 Å². The van der Waals surface area contributed by atoms with E-state index in [1.807, 2.05) is 0 Å². The van der Waals surface area contributed by atoms with Crippen LogP contribution in [0.5, 0.6) is 0 Å². The Balaban J connectivity index is 1.64. The number of benzene rings is 1. The minimum atomic E-state index is -0.378. The minimum absolute atomic E-state index is 0.0617. The highest BCUT2D eigenvalue weighted by Gasteiger charge is 2.16. The fourth-order valence-corrected chi connectivity index (χ4v) is 3.29. The lowest BCUT2D eigenvalue weighted by Crippen LogP contribution is -2.34. The molecule has 0 atom stereocenters. The van der Waals surface area contributed by atoms with Crippen molar-refractivity contribution in [3.63, 3.8) is 0 Å². The smallest absolute Gasteiger partial charge is 0.337 e. The van der Waals surface area contributed by atoms with Crippen molar-refractivity contribution >= 4 is 23.4 Å². The zero-order chi connectivity index (χ0) is 19.1. The molecule has 2 aromatic rings. The van der Waals surface area contributed by atoms with Gasteiger partial charge in [-0.25, -0.2) is 9.78 Å². The minimum Gasteiger partial charge on any atom is -0.465 e. The molecule has 0 aliphatic heterocycles. The first kappa shape index (κ1) is 18.9. The van der Waals surface area contributed by atoms with Crippen LogP contribution in [0.1, 0.15) is 59.2 Å². The molecule has 2 N–H and O–H groups in total. The number of carbonyl (C=O) groups excluding carboxylic acids is 2. The standard InChI is InChI=1S/C21H25N3O3/c1-27-21(26)15-8-10-18(11-9-15)23-19-14-16(12-13-22-19)20(25)24-17-6-4-2-3-5-7-17/h8-14,17H,2-7H2,1H3,(H,22,23)(H,24,25). The molecular weight excluding hydrogens is 342 g/mol. The Morgan fingerprint density at radius 2 is 1.70 bits per heavy atom. The Morgan fingerprint density at radius 3 is 2.37 bits per heavy atom. The van der Waals surface area contributed by atoms with Gasteiger partial charge in [0.15, 0.2) is 0 Å².